The van der Waals surface area contributed by atoms with Crippen molar-refractivity contribution < 1.29 is 19.1 Å². The van der Waals surface area contributed by atoms with E-state index < -0.39 is 18.0 Å². The number of nitrogens with zero attached hydrogens (tertiary/aromatic N) is 1. The second kappa shape index (κ2) is 9.71. The third-order valence-corrected chi connectivity index (χ3v) is 5.49. The Labute approximate surface area is 166 Å². The van der Waals surface area contributed by atoms with Gasteiger partial charge < -0.3 is 14.8 Å². The van der Waals surface area contributed by atoms with Crippen molar-refractivity contribution in [3.8, 4) is 5.75 Å². The number of rotatable bonds is 7. The van der Waals surface area contributed by atoms with Gasteiger partial charge in [0, 0.05) is 5.71 Å². The topological polar surface area (TPSA) is 77.0 Å². The maximum absolute atomic E-state index is 12.9. The van der Waals surface area contributed by atoms with E-state index in [1.807, 2.05) is 24.3 Å². The van der Waals surface area contributed by atoms with Gasteiger partial charge in [-0.1, -0.05) is 38.3 Å². The molecule has 6 heteroatoms. The summed E-state index contributed by atoms with van der Waals surface area (Å²) in [6.45, 7) is 4.88. The van der Waals surface area contributed by atoms with Crippen LogP contribution in [0.5, 0.6) is 5.75 Å². The summed E-state index contributed by atoms with van der Waals surface area (Å²) in [4.78, 5) is 28.8. The Hall–Kier alpha value is -2.37. The highest BCUT2D eigenvalue weighted by Crippen LogP contribution is 2.30. The number of esters is 1. The van der Waals surface area contributed by atoms with Gasteiger partial charge in [-0.3, -0.25) is 4.79 Å². The summed E-state index contributed by atoms with van der Waals surface area (Å²) in [7, 11) is 0. The first-order valence-electron chi connectivity index (χ1n) is 10.3. The number of hydrogen-bond donors (Lipinski definition) is 1. The second-order valence-electron chi connectivity index (χ2n) is 7.71. The van der Waals surface area contributed by atoms with Gasteiger partial charge in [0.1, 0.15) is 11.7 Å². The molecule has 2 atom stereocenters. The van der Waals surface area contributed by atoms with E-state index in [4.69, 9.17) is 9.47 Å². The van der Waals surface area contributed by atoms with E-state index >= 15 is 0 Å². The van der Waals surface area contributed by atoms with E-state index in [9.17, 15) is 9.59 Å². The molecule has 2 unspecified atom stereocenters. The van der Waals surface area contributed by atoms with Crippen LogP contribution in [0.3, 0.4) is 0 Å². The predicted molar refractivity (Wildman–Crippen MR) is 108 cm³/mol. The number of ether oxygens (including phenoxy) is 2. The van der Waals surface area contributed by atoms with E-state index in [1.54, 1.807) is 6.92 Å². The van der Waals surface area contributed by atoms with Gasteiger partial charge in [-0.25, -0.2) is 9.79 Å². The molecule has 1 aromatic carbocycles. The van der Waals surface area contributed by atoms with Crippen molar-refractivity contribution >= 4 is 17.7 Å². The highest BCUT2D eigenvalue weighted by atomic mass is 16.5. The van der Waals surface area contributed by atoms with Gasteiger partial charge in [0.25, 0.3) is 0 Å². The normalized spacial score (nSPS) is 22.9. The van der Waals surface area contributed by atoms with Gasteiger partial charge in [-0.05, 0) is 49.8 Å². The third kappa shape index (κ3) is 5.12. The van der Waals surface area contributed by atoms with Crippen LogP contribution in [0.2, 0.25) is 0 Å². The van der Waals surface area contributed by atoms with Gasteiger partial charge in [-0.2, -0.15) is 0 Å². The quantitative estimate of drug-likeness (QED) is 0.703. The largest absolute Gasteiger partial charge is 0.494 e. The molecule has 6 nitrogen and oxygen atoms in total. The number of hydrogen-bond acceptors (Lipinski definition) is 4. The number of carbonyl (C=O) groups excluding carboxylic acids is 2. The Bertz CT molecular complexity index is 708. The number of amides is 2. The predicted octanol–water partition coefficient (Wildman–Crippen LogP) is 4.44. The highest BCUT2D eigenvalue weighted by molar-refractivity contribution is 6.08. The van der Waals surface area contributed by atoms with Gasteiger partial charge in [0.2, 0.25) is 0 Å². The average molecular weight is 386 g/mol. The van der Waals surface area contributed by atoms with Gasteiger partial charge in [-0.15, -0.1) is 0 Å². The van der Waals surface area contributed by atoms with Crippen molar-refractivity contribution in [2.75, 3.05) is 13.2 Å². The number of aliphatic imine (C=N–C) groups is 1. The Morgan fingerprint density at radius 3 is 2.57 bits per heavy atom. The smallest absolute Gasteiger partial charge is 0.341 e. The number of carbonyl (C=O) groups is 2. The summed E-state index contributed by atoms with van der Waals surface area (Å²) in [6, 6.07) is 6.59. The average Bonchev–Trinajstić information content (AvgIpc) is 2.71. The Kier molecular flexibility index (Phi) is 7.06. The Balaban J connectivity index is 1.71. The minimum Gasteiger partial charge on any atom is -0.494 e. The van der Waals surface area contributed by atoms with E-state index in [-0.39, 0.29) is 5.97 Å². The molecular weight excluding hydrogens is 356 g/mol. The summed E-state index contributed by atoms with van der Waals surface area (Å²) < 4.78 is 11.3. The van der Waals surface area contributed by atoms with Gasteiger partial charge in [0.15, 0.2) is 0 Å². The van der Waals surface area contributed by atoms with Crippen LogP contribution in [0.25, 0.3) is 0 Å². The molecule has 0 bridgehead atoms. The molecule has 0 spiro atoms. The van der Waals surface area contributed by atoms with Crippen LogP contribution >= 0.6 is 0 Å². The highest BCUT2D eigenvalue weighted by Gasteiger charge is 2.38. The zero-order chi connectivity index (χ0) is 19.9. The Morgan fingerprint density at radius 2 is 1.89 bits per heavy atom. The summed E-state index contributed by atoms with van der Waals surface area (Å²) in [5.74, 6) is 0.294. The summed E-state index contributed by atoms with van der Waals surface area (Å²) >= 11 is 0. The fourth-order valence-electron chi connectivity index (χ4n) is 3.94. The molecule has 0 radical (unpaired) electrons. The van der Waals surface area contributed by atoms with Crippen molar-refractivity contribution in [1.29, 1.82) is 0 Å². The van der Waals surface area contributed by atoms with Crippen molar-refractivity contribution in [2.45, 2.75) is 58.4 Å². The van der Waals surface area contributed by atoms with Crippen molar-refractivity contribution in [2.24, 2.45) is 16.8 Å². The maximum atomic E-state index is 12.9. The number of urea groups is 1. The Morgan fingerprint density at radius 1 is 1.18 bits per heavy atom. The molecule has 152 valence electrons. The molecule has 0 saturated heterocycles. The van der Waals surface area contributed by atoms with Crippen LogP contribution in [-0.2, 0) is 9.53 Å². The molecule has 2 aliphatic rings. The molecular formula is C22H30N2O4. The zero-order valence-electron chi connectivity index (χ0n) is 16.8. The molecule has 1 aliphatic heterocycles. The lowest BCUT2D eigenvalue weighted by Crippen LogP contribution is -2.44. The van der Waals surface area contributed by atoms with E-state index in [0.29, 0.717) is 24.8 Å². The van der Waals surface area contributed by atoms with E-state index in [0.717, 1.165) is 30.6 Å². The third-order valence-electron chi connectivity index (χ3n) is 5.49. The van der Waals surface area contributed by atoms with Crippen LogP contribution in [0.15, 0.2) is 29.3 Å². The lowest BCUT2D eigenvalue weighted by molar-refractivity contribution is -0.148. The molecule has 3 rings (SSSR count). The first kappa shape index (κ1) is 20.4. The molecule has 2 amide bonds. The molecule has 1 aliphatic carbocycles. The fourth-order valence-corrected chi connectivity index (χ4v) is 3.94. The van der Waals surface area contributed by atoms with Crippen molar-refractivity contribution in [3.05, 3.63) is 29.8 Å². The number of benzene rings is 1. The van der Waals surface area contributed by atoms with Gasteiger partial charge >= 0.3 is 12.0 Å². The van der Waals surface area contributed by atoms with Crippen LogP contribution in [0, 0.1) is 11.8 Å². The van der Waals surface area contributed by atoms with Crippen molar-refractivity contribution in [3.63, 3.8) is 0 Å². The SMILES string of the molecule is CCCOc1ccc(C2NC(=O)N=C(C)C2C(=O)OCC2CCCCC2)cc1. The van der Waals surface area contributed by atoms with E-state index in [1.165, 1.54) is 19.3 Å². The molecule has 1 N–H and O–H groups in total. The first-order chi connectivity index (χ1) is 13.6. The van der Waals surface area contributed by atoms with E-state index in [2.05, 4.69) is 17.2 Å². The lowest BCUT2D eigenvalue weighted by atomic mass is 9.88. The molecule has 1 heterocycles. The minimum absolute atomic E-state index is 0.317. The number of nitrogens with one attached hydrogen (secondary N) is 1. The molecule has 1 saturated carbocycles. The molecule has 0 aromatic heterocycles. The fraction of sp³-hybridized carbons (Fsp3) is 0.591. The van der Waals surface area contributed by atoms with Crippen LogP contribution in [-0.4, -0.2) is 30.9 Å². The zero-order valence-corrected chi connectivity index (χ0v) is 16.8. The summed E-state index contributed by atoms with van der Waals surface area (Å²) in [5, 5.41) is 2.83. The standard InChI is InChI=1S/C22H30N2O4/c1-3-13-27-18-11-9-17(10-12-18)20-19(15(2)23-22(26)24-20)21(25)28-14-16-7-5-4-6-8-16/h9-12,16,19-20H,3-8,13-14H2,1-2H3,(H,24,26). The maximum Gasteiger partial charge on any atom is 0.341 e. The van der Waals surface area contributed by atoms with Crippen LogP contribution in [0.4, 0.5) is 4.79 Å². The monoisotopic (exact) mass is 386 g/mol. The summed E-state index contributed by atoms with van der Waals surface area (Å²) in [5.41, 5.74) is 1.33. The molecule has 1 fully saturated rings. The minimum atomic E-state index is -0.608. The molecule has 28 heavy (non-hydrogen) atoms. The first-order valence-corrected chi connectivity index (χ1v) is 10.3. The molecule has 1 aromatic rings. The van der Waals surface area contributed by atoms with Gasteiger partial charge in [0.05, 0.1) is 19.3 Å². The van der Waals surface area contributed by atoms with Crippen LogP contribution in [0.1, 0.15) is 64.0 Å². The lowest BCUT2D eigenvalue weighted by Gasteiger charge is -2.30. The summed E-state index contributed by atoms with van der Waals surface area (Å²) in [6.07, 6.45) is 6.85. The van der Waals surface area contributed by atoms with Crippen molar-refractivity contribution in [1.82, 2.24) is 5.32 Å². The van der Waals surface area contributed by atoms with Crippen LogP contribution < -0.4 is 10.1 Å². The second-order valence-corrected chi connectivity index (χ2v) is 7.71.